The number of sulfonamides is 1. The van der Waals surface area contributed by atoms with Crippen molar-refractivity contribution in [3.63, 3.8) is 0 Å². The molecule has 1 aliphatic rings. The number of nitrogens with zero attached hydrogens (tertiary/aromatic N) is 4. The van der Waals surface area contributed by atoms with Crippen LogP contribution < -0.4 is 4.90 Å². The van der Waals surface area contributed by atoms with E-state index in [1.807, 2.05) is 6.92 Å². The van der Waals surface area contributed by atoms with Gasteiger partial charge in [-0.15, -0.1) is 0 Å². The lowest BCUT2D eigenvalue weighted by Gasteiger charge is -2.37. The molecule has 0 unspecified atom stereocenters. The quantitative estimate of drug-likeness (QED) is 0.712. The number of piperazine rings is 1. The fourth-order valence-electron chi connectivity index (χ4n) is 3.60. The van der Waals surface area contributed by atoms with E-state index < -0.39 is 10.0 Å². The molecule has 2 heterocycles. The molecule has 162 valence electrons. The number of benzene rings is 1. The van der Waals surface area contributed by atoms with Crippen LogP contribution in [0.1, 0.15) is 23.7 Å². The molecule has 1 aromatic heterocycles. The minimum absolute atomic E-state index is 0.0536. The standard InChI is InChI=1S/C21H28N4O4S/c1-3-18(16-26)24-11-13-25(14-12-24)30(28,29)19-8-6-7-17(15-19)21(27)23(2)20-9-4-5-10-22-20/h4-10,15,18,26H,3,11-14,16H2,1-2H3/t18-/m0/s1. The first-order valence-electron chi connectivity index (χ1n) is 10.0. The largest absolute Gasteiger partial charge is 0.395 e. The van der Waals surface area contributed by atoms with Crippen molar-refractivity contribution in [1.82, 2.24) is 14.2 Å². The molecule has 0 radical (unpaired) electrons. The van der Waals surface area contributed by atoms with Gasteiger partial charge in [0.05, 0.1) is 11.5 Å². The van der Waals surface area contributed by atoms with E-state index in [-0.39, 0.29) is 29.0 Å². The molecule has 2 aromatic rings. The molecular formula is C21H28N4O4S. The lowest BCUT2D eigenvalue weighted by Crippen LogP contribution is -2.52. The maximum absolute atomic E-state index is 13.1. The normalized spacial score (nSPS) is 16.9. The highest BCUT2D eigenvalue weighted by molar-refractivity contribution is 7.89. The number of hydrogen-bond acceptors (Lipinski definition) is 6. The van der Waals surface area contributed by atoms with E-state index in [1.54, 1.807) is 43.6 Å². The highest BCUT2D eigenvalue weighted by Gasteiger charge is 2.31. The van der Waals surface area contributed by atoms with Gasteiger partial charge in [-0.2, -0.15) is 4.31 Å². The maximum Gasteiger partial charge on any atom is 0.259 e. The lowest BCUT2D eigenvalue weighted by molar-refractivity contribution is 0.0881. The summed E-state index contributed by atoms with van der Waals surface area (Å²) in [5.74, 6) is 0.158. The van der Waals surface area contributed by atoms with Crippen molar-refractivity contribution in [1.29, 1.82) is 0 Å². The highest BCUT2D eigenvalue weighted by Crippen LogP contribution is 2.21. The molecular weight excluding hydrogens is 404 g/mol. The average molecular weight is 433 g/mol. The Morgan fingerprint density at radius 2 is 1.90 bits per heavy atom. The van der Waals surface area contributed by atoms with Gasteiger partial charge in [0, 0.05) is 51.0 Å². The minimum Gasteiger partial charge on any atom is -0.395 e. The summed E-state index contributed by atoms with van der Waals surface area (Å²) in [5, 5.41) is 9.48. The number of aliphatic hydroxyl groups is 1. The third kappa shape index (κ3) is 4.70. The Kier molecular flexibility index (Phi) is 7.19. The van der Waals surface area contributed by atoms with E-state index in [4.69, 9.17) is 0 Å². The van der Waals surface area contributed by atoms with E-state index in [9.17, 15) is 18.3 Å². The predicted molar refractivity (Wildman–Crippen MR) is 115 cm³/mol. The lowest BCUT2D eigenvalue weighted by atomic mass is 10.2. The smallest absolute Gasteiger partial charge is 0.259 e. The number of hydrogen-bond donors (Lipinski definition) is 1. The molecule has 1 aromatic carbocycles. The van der Waals surface area contributed by atoms with Crippen LogP contribution in [0.25, 0.3) is 0 Å². The summed E-state index contributed by atoms with van der Waals surface area (Å²) >= 11 is 0. The Morgan fingerprint density at radius 1 is 1.17 bits per heavy atom. The van der Waals surface area contributed by atoms with Gasteiger partial charge < -0.3 is 5.11 Å². The van der Waals surface area contributed by atoms with Gasteiger partial charge in [-0.05, 0) is 36.8 Å². The second-order valence-electron chi connectivity index (χ2n) is 7.26. The monoisotopic (exact) mass is 432 g/mol. The van der Waals surface area contributed by atoms with Crippen LogP contribution in [-0.2, 0) is 10.0 Å². The number of amides is 1. The van der Waals surface area contributed by atoms with Gasteiger partial charge in [0.15, 0.2) is 0 Å². The summed E-state index contributed by atoms with van der Waals surface area (Å²) in [5.41, 5.74) is 0.286. The van der Waals surface area contributed by atoms with Crippen LogP contribution in [0.15, 0.2) is 53.6 Å². The zero-order valence-electron chi connectivity index (χ0n) is 17.3. The van der Waals surface area contributed by atoms with E-state index in [0.29, 0.717) is 32.0 Å². The summed E-state index contributed by atoms with van der Waals surface area (Å²) in [4.78, 5) is 20.6. The first kappa shape index (κ1) is 22.4. The summed E-state index contributed by atoms with van der Waals surface area (Å²) in [6.07, 6.45) is 2.41. The molecule has 3 rings (SSSR count). The average Bonchev–Trinajstić information content (AvgIpc) is 2.80. The van der Waals surface area contributed by atoms with Crippen molar-refractivity contribution in [2.24, 2.45) is 0 Å². The Morgan fingerprint density at radius 3 is 2.50 bits per heavy atom. The van der Waals surface area contributed by atoms with Crippen molar-refractivity contribution in [2.75, 3.05) is 44.7 Å². The third-order valence-electron chi connectivity index (χ3n) is 5.49. The van der Waals surface area contributed by atoms with Crippen molar-refractivity contribution in [3.05, 3.63) is 54.2 Å². The number of carbonyl (C=O) groups is 1. The van der Waals surface area contributed by atoms with Gasteiger partial charge in [-0.25, -0.2) is 13.4 Å². The summed E-state index contributed by atoms with van der Waals surface area (Å²) in [7, 11) is -2.11. The fourth-order valence-corrected chi connectivity index (χ4v) is 5.07. The number of aliphatic hydroxyl groups excluding tert-OH is 1. The topological polar surface area (TPSA) is 94.0 Å². The zero-order chi connectivity index (χ0) is 21.7. The molecule has 1 fully saturated rings. The van der Waals surface area contributed by atoms with Gasteiger partial charge in [0.1, 0.15) is 5.82 Å². The SMILES string of the molecule is CC[C@@H](CO)N1CCN(S(=O)(=O)c2cccc(C(=O)N(C)c3ccccn3)c2)CC1. The van der Waals surface area contributed by atoms with Gasteiger partial charge in [0.25, 0.3) is 5.91 Å². The second kappa shape index (κ2) is 9.65. The predicted octanol–water partition coefficient (Wildman–Crippen LogP) is 1.44. The van der Waals surface area contributed by atoms with Gasteiger partial charge in [-0.1, -0.05) is 19.1 Å². The molecule has 0 spiro atoms. The maximum atomic E-state index is 13.1. The summed E-state index contributed by atoms with van der Waals surface area (Å²) in [6, 6.07) is 11.4. The molecule has 8 nitrogen and oxygen atoms in total. The Labute approximate surface area is 177 Å². The Balaban J connectivity index is 1.76. The van der Waals surface area contributed by atoms with Crippen molar-refractivity contribution >= 4 is 21.7 Å². The Bertz CT molecular complexity index is 956. The Hall–Kier alpha value is -2.33. The van der Waals surface area contributed by atoms with Crippen LogP contribution >= 0.6 is 0 Å². The van der Waals surface area contributed by atoms with Crippen LogP contribution in [0.4, 0.5) is 5.82 Å². The second-order valence-corrected chi connectivity index (χ2v) is 9.20. The molecule has 1 N–H and O–H groups in total. The van der Waals surface area contributed by atoms with Gasteiger partial charge in [-0.3, -0.25) is 14.6 Å². The number of aromatic nitrogens is 1. The number of anilines is 1. The molecule has 0 aliphatic carbocycles. The van der Waals surface area contributed by atoms with E-state index in [1.165, 1.54) is 21.3 Å². The zero-order valence-corrected chi connectivity index (χ0v) is 18.1. The summed E-state index contributed by atoms with van der Waals surface area (Å²) in [6.45, 7) is 3.92. The van der Waals surface area contributed by atoms with Crippen LogP contribution in [0.5, 0.6) is 0 Å². The van der Waals surface area contributed by atoms with Gasteiger partial charge in [0.2, 0.25) is 10.0 Å². The highest BCUT2D eigenvalue weighted by atomic mass is 32.2. The molecule has 1 atom stereocenters. The van der Waals surface area contributed by atoms with Crippen molar-refractivity contribution in [3.8, 4) is 0 Å². The van der Waals surface area contributed by atoms with E-state index in [2.05, 4.69) is 9.88 Å². The number of pyridine rings is 1. The first-order valence-corrected chi connectivity index (χ1v) is 11.5. The van der Waals surface area contributed by atoms with E-state index >= 15 is 0 Å². The minimum atomic E-state index is -3.71. The molecule has 1 aliphatic heterocycles. The van der Waals surface area contributed by atoms with Crippen LogP contribution in [0, 0.1) is 0 Å². The molecule has 30 heavy (non-hydrogen) atoms. The fraction of sp³-hybridized carbons (Fsp3) is 0.429. The van der Waals surface area contributed by atoms with Crippen LogP contribution in [0.2, 0.25) is 0 Å². The van der Waals surface area contributed by atoms with Crippen LogP contribution in [-0.4, -0.2) is 79.5 Å². The molecule has 1 amide bonds. The van der Waals surface area contributed by atoms with E-state index in [0.717, 1.165) is 6.42 Å². The van der Waals surface area contributed by atoms with Crippen molar-refractivity contribution in [2.45, 2.75) is 24.3 Å². The van der Waals surface area contributed by atoms with Crippen LogP contribution in [0.3, 0.4) is 0 Å². The molecule has 0 saturated carbocycles. The first-order chi connectivity index (χ1) is 14.4. The number of rotatable bonds is 7. The third-order valence-corrected chi connectivity index (χ3v) is 7.38. The molecule has 1 saturated heterocycles. The molecule has 9 heteroatoms. The van der Waals surface area contributed by atoms with Crippen molar-refractivity contribution < 1.29 is 18.3 Å². The van der Waals surface area contributed by atoms with Gasteiger partial charge >= 0.3 is 0 Å². The molecule has 0 bridgehead atoms. The summed E-state index contributed by atoms with van der Waals surface area (Å²) < 4.78 is 27.7. The number of carbonyl (C=O) groups excluding carboxylic acids is 1.